The van der Waals surface area contributed by atoms with E-state index < -0.39 is 11.9 Å². The van der Waals surface area contributed by atoms with Gasteiger partial charge in [0.25, 0.3) is 0 Å². The van der Waals surface area contributed by atoms with Crippen molar-refractivity contribution in [1.82, 2.24) is 0 Å². The first-order chi connectivity index (χ1) is 11.4. The van der Waals surface area contributed by atoms with Crippen LogP contribution in [0.1, 0.15) is 33.3 Å². The molecule has 24 heavy (non-hydrogen) atoms. The minimum atomic E-state index is -0.715. The van der Waals surface area contributed by atoms with Crippen LogP contribution in [-0.2, 0) is 25.5 Å². The van der Waals surface area contributed by atoms with Crippen LogP contribution in [0.15, 0.2) is 30.0 Å². The summed E-state index contributed by atoms with van der Waals surface area (Å²) in [6.07, 6.45) is 2.06. The third-order valence-electron chi connectivity index (χ3n) is 3.48. The lowest BCUT2D eigenvalue weighted by Gasteiger charge is -2.16. The molecule has 1 heterocycles. The van der Waals surface area contributed by atoms with Gasteiger partial charge in [-0.2, -0.15) is 0 Å². The lowest BCUT2D eigenvalue weighted by molar-refractivity contribution is -0.146. The highest BCUT2D eigenvalue weighted by Gasteiger charge is 2.31. The van der Waals surface area contributed by atoms with Gasteiger partial charge in [-0.05, 0) is 39.8 Å². The maximum Gasteiger partial charge on any atom is 0.347 e. The van der Waals surface area contributed by atoms with E-state index in [1.807, 2.05) is 32.0 Å². The number of nitrogens with one attached hydrogen (secondary N) is 1. The molecule has 0 saturated heterocycles. The zero-order chi connectivity index (χ0) is 17.7. The van der Waals surface area contributed by atoms with Crippen molar-refractivity contribution in [2.45, 2.75) is 39.7 Å². The summed E-state index contributed by atoms with van der Waals surface area (Å²) in [6.45, 7) is 7.73. The molecule has 0 radical (unpaired) electrons. The highest BCUT2D eigenvalue weighted by atomic mass is 16.6. The van der Waals surface area contributed by atoms with Gasteiger partial charge in [-0.3, -0.25) is 0 Å². The van der Waals surface area contributed by atoms with Crippen molar-refractivity contribution in [3.8, 4) is 5.75 Å². The molecule has 2 rings (SSSR count). The molecule has 0 unspecified atom stereocenters. The molecule has 1 N–H and O–H groups in total. The minimum absolute atomic E-state index is 0.172. The van der Waals surface area contributed by atoms with Gasteiger partial charge >= 0.3 is 11.9 Å². The zero-order valence-corrected chi connectivity index (χ0v) is 14.5. The van der Waals surface area contributed by atoms with Crippen molar-refractivity contribution in [1.29, 1.82) is 0 Å². The number of hydrogen-bond donors (Lipinski definition) is 1. The summed E-state index contributed by atoms with van der Waals surface area (Å²) in [6, 6.07) is 5.62. The van der Waals surface area contributed by atoms with E-state index in [0.29, 0.717) is 0 Å². The van der Waals surface area contributed by atoms with Gasteiger partial charge in [0.2, 0.25) is 0 Å². The average Bonchev–Trinajstić information content (AvgIpc) is 2.82. The Hall–Kier alpha value is -2.50. The molecule has 1 aromatic rings. The monoisotopic (exact) mass is 333 g/mol. The first-order valence-corrected chi connectivity index (χ1v) is 7.99. The van der Waals surface area contributed by atoms with Gasteiger partial charge in [0, 0.05) is 23.9 Å². The van der Waals surface area contributed by atoms with Crippen molar-refractivity contribution in [2.24, 2.45) is 0 Å². The van der Waals surface area contributed by atoms with Gasteiger partial charge in [0.1, 0.15) is 11.4 Å². The van der Waals surface area contributed by atoms with Crippen LogP contribution < -0.4 is 10.1 Å². The smallest absolute Gasteiger partial charge is 0.347 e. The topological polar surface area (TPSA) is 73.9 Å². The quantitative estimate of drug-likeness (QED) is 0.373. The first-order valence-electron chi connectivity index (χ1n) is 7.99. The highest BCUT2D eigenvalue weighted by molar-refractivity contribution is 6.14. The first kappa shape index (κ1) is 17.8. The van der Waals surface area contributed by atoms with E-state index >= 15 is 0 Å². The van der Waals surface area contributed by atoms with Crippen LogP contribution >= 0.6 is 0 Å². The maximum atomic E-state index is 12.0. The maximum absolute atomic E-state index is 12.0. The molecule has 6 nitrogen and oxygen atoms in total. The summed E-state index contributed by atoms with van der Waals surface area (Å²) >= 11 is 0. The van der Waals surface area contributed by atoms with Crippen molar-refractivity contribution in [3.05, 3.63) is 35.5 Å². The molecule has 1 aromatic carbocycles. The molecule has 6 heteroatoms. The van der Waals surface area contributed by atoms with E-state index in [1.54, 1.807) is 13.8 Å². The van der Waals surface area contributed by atoms with E-state index in [2.05, 4.69) is 5.32 Å². The highest BCUT2D eigenvalue weighted by Crippen LogP contribution is 2.39. The number of fused-ring (bicyclic) bond motifs is 1. The number of rotatable bonds is 6. The molecule has 1 aliphatic heterocycles. The molecule has 0 amide bonds. The fraction of sp³-hybridized carbons (Fsp3) is 0.444. The Morgan fingerprint density at radius 1 is 1.21 bits per heavy atom. The summed E-state index contributed by atoms with van der Waals surface area (Å²) in [7, 11) is 0. The molecule has 0 atom stereocenters. The number of carbonyl (C=O) groups is 2. The molecule has 0 bridgehead atoms. The van der Waals surface area contributed by atoms with Crippen molar-refractivity contribution >= 4 is 17.6 Å². The molecule has 1 aliphatic rings. The number of hydrogen-bond acceptors (Lipinski definition) is 6. The van der Waals surface area contributed by atoms with Gasteiger partial charge in [0.05, 0.1) is 13.2 Å². The number of carbonyl (C=O) groups excluding carboxylic acids is 2. The second-order valence-electron chi connectivity index (χ2n) is 5.96. The standard InChI is InChI=1S/C18H23NO5/c1-5-22-16(20)13(17(21)23-6-2)11-19-14-8-7-9-15-12(14)10-18(3,4)24-15/h7-9,11,19H,5-6,10H2,1-4H3. The van der Waals surface area contributed by atoms with Crippen molar-refractivity contribution in [3.63, 3.8) is 0 Å². The Balaban J connectivity index is 2.25. The second kappa shape index (κ2) is 7.38. The average molecular weight is 333 g/mol. The Morgan fingerprint density at radius 3 is 2.42 bits per heavy atom. The number of esters is 2. The predicted octanol–water partition coefficient (Wildman–Crippen LogP) is 2.82. The molecule has 0 aliphatic carbocycles. The Morgan fingerprint density at radius 2 is 1.83 bits per heavy atom. The largest absolute Gasteiger partial charge is 0.487 e. The third kappa shape index (κ3) is 4.07. The van der Waals surface area contributed by atoms with Crippen LogP contribution in [0, 0.1) is 0 Å². The van der Waals surface area contributed by atoms with Crippen molar-refractivity contribution in [2.75, 3.05) is 18.5 Å². The fourth-order valence-corrected chi connectivity index (χ4v) is 2.51. The number of benzene rings is 1. The lowest BCUT2D eigenvalue weighted by atomic mass is 10.0. The van der Waals surface area contributed by atoms with Gasteiger partial charge in [-0.15, -0.1) is 0 Å². The van der Waals surface area contributed by atoms with E-state index in [0.717, 1.165) is 23.4 Å². The van der Waals surface area contributed by atoms with Crippen LogP contribution in [0.5, 0.6) is 5.75 Å². The third-order valence-corrected chi connectivity index (χ3v) is 3.48. The molecule has 0 aromatic heterocycles. The summed E-state index contributed by atoms with van der Waals surface area (Å²) in [4.78, 5) is 23.9. The van der Waals surface area contributed by atoms with Gasteiger partial charge < -0.3 is 19.5 Å². The molecule has 0 saturated carbocycles. The molecular weight excluding hydrogens is 310 g/mol. The molecule has 130 valence electrons. The Labute approximate surface area is 141 Å². The summed E-state index contributed by atoms with van der Waals surface area (Å²) in [5, 5.41) is 3.02. The molecular formula is C18H23NO5. The minimum Gasteiger partial charge on any atom is -0.487 e. The summed E-state index contributed by atoms with van der Waals surface area (Å²) in [5.74, 6) is -0.632. The summed E-state index contributed by atoms with van der Waals surface area (Å²) < 4.78 is 15.7. The van der Waals surface area contributed by atoms with Crippen LogP contribution in [0.2, 0.25) is 0 Å². The number of anilines is 1. The second-order valence-corrected chi connectivity index (χ2v) is 5.96. The molecule has 0 fully saturated rings. The van der Waals surface area contributed by atoms with Gasteiger partial charge in [0.15, 0.2) is 5.57 Å². The SMILES string of the molecule is CCOC(=O)C(=CNc1cccc2c1CC(C)(C)O2)C(=O)OCC. The lowest BCUT2D eigenvalue weighted by Crippen LogP contribution is -2.24. The van der Waals surface area contributed by atoms with E-state index in [1.165, 1.54) is 6.20 Å². The van der Waals surface area contributed by atoms with Crippen molar-refractivity contribution < 1.29 is 23.8 Å². The Kier molecular flexibility index (Phi) is 5.49. The van der Waals surface area contributed by atoms with E-state index in [9.17, 15) is 9.59 Å². The van der Waals surface area contributed by atoms with Crippen LogP contribution in [0.4, 0.5) is 5.69 Å². The van der Waals surface area contributed by atoms with Crippen LogP contribution in [0.3, 0.4) is 0 Å². The van der Waals surface area contributed by atoms with Crippen LogP contribution in [-0.4, -0.2) is 30.8 Å². The zero-order valence-electron chi connectivity index (χ0n) is 14.5. The summed E-state index contributed by atoms with van der Waals surface area (Å²) in [5.41, 5.74) is 1.33. The van der Waals surface area contributed by atoms with Gasteiger partial charge in [-0.25, -0.2) is 9.59 Å². The van der Waals surface area contributed by atoms with E-state index in [-0.39, 0.29) is 24.4 Å². The molecule has 0 spiro atoms. The van der Waals surface area contributed by atoms with E-state index in [4.69, 9.17) is 14.2 Å². The van der Waals surface area contributed by atoms with Gasteiger partial charge in [-0.1, -0.05) is 6.07 Å². The predicted molar refractivity (Wildman–Crippen MR) is 89.8 cm³/mol. The normalized spacial score (nSPS) is 14.2. The Bertz CT molecular complexity index is 643. The fourth-order valence-electron chi connectivity index (χ4n) is 2.51. The number of ether oxygens (including phenoxy) is 3. The van der Waals surface area contributed by atoms with Crippen LogP contribution in [0.25, 0.3) is 0 Å².